The van der Waals surface area contributed by atoms with Gasteiger partial charge in [0.1, 0.15) is 11.5 Å². The minimum Gasteiger partial charge on any atom is -0.507 e. The Morgan fingerprint density at radius 3 is 2.54 bits per heavy atom. The lowest BCUT2D eigenvalue weighted by molar-refractivity contribution is 0.101. The lowest BCUT2D eigenvalue weighted by Crippen LogP contribution is -1.96. The van der Waals surface area contributed by atoms with Crippen LogP contribution >= 0.6 is 0 Å². The third kappa shape index (κ3) is 1.64. The van der Waals surface area contributed by atoms with E-state index in [1.165, 1.54) is 14.0 Å². The first-order valence-electron chi connectivity index (χ1n) is 3.95. The zero-order valence-electron chi connectivity index (χ0n) is 7.92. The minimum absolute atomic E-state index is 0.00634. The Bertz CT molecular complexity index is 342. The number of methoxy groups -OCH3 is 1. The van der Waals surface area contributed by atoms with Crippen LogP contribution in [0.4, 0.5) is 0 Å². The van der Waals surface area contributed by atoms with Gasteiger partial charge in [0, 0.05) is 5.56 Å². The van der Waals surface area contributed by atoms with Gasteiger partial charge in [-0.3, -0.25) is 4.79 Å². The predicted octanol–water partition coefficient (Wildman–Crippen LogP) is 1.91. The van der Waals surface area contributed by atoms with Crippen LogP contribution in [0.2, 0.25) is 0 Å². The van der Waals surface area contributed by atoms with Crippen LogP contribution in [0.15, 0.2) is 12.1 Å². The molecule has 0 aliphatic rings. The summed E-state index contributed by atoms with van der Waals surface area (Å²) in [5.74, 6) is 0.442. The quantitative estimate of drug-likeness (QED) is 0.707. The number of ether oxygens (including phenoxy) is 1. The van der Waals surface area contributed by atoms with Crippen molar-refractivity contribution in [3.8, 4) is 11.5 Å². The van der Waals surface area contributed by atoms with Crippen LogP contribution in [0.25, 0.3) is 0 Å². The van der Waals surface area contributed by atoms with Crippen molar-refractivity contribution in [3.63, 3.8) is 0 Å². The van der Waals surface area contributed by atoms with E-state index in [0.717, 1.165) is 0 Å². The van der Waals surface area contributed by atoms with Gasteiger partial charge in [-0.25, -0.2) is 0 Å². The van der Waals surface area contributed by atoms with Crippen LogP contribution in [-0.4, -0.2) is 18.0 Å². The SMILES string of the molecule is COc1ccc(C(C)=O)c(O)c1C. The zero-order valence-corrected chi connectivity index (χ0v) is 7.92. The third-order valence-electron chi connectivity index (χ3n) is 1.98. The van der Waals surface area contributed by atoms with Crippen molar-refractivity contribution < 1.29 is 14.6 Å². The summed E-state index contributed by atoms with van der Waals surface area (Å²) in [4.78, 5) is 11.0. The maximum Gasteiger partial charge on any atom is 0.163 e. The van der Waals surface area contributed by atoms with Crippen LogP contribution in [0.1, 0.15) is 22.8 Å². The fourth-order valence-electron chi connectivity index (χ4n) is 1.19. The highest BCUT2D eigenvalue weighted by Crippen LogP contribution is 2.30. The zero-order chi connectivity index (χ0) is 10.0. The van der Waals surface area contributed by atoms with Crippen LogP contribution in [-0.2, 0) is 0 Å². The maximum atomic E-state index is 11.0. The third-order valence-corrected chi connectivity index (χ3v) is 1.98. The van der Waals surface area contributed by atoms with Gasteiger partial charge in [-0.05, 0) is 26.0 Å². The molecule has 0 spiro atoms. The Balaban J connectivity index is 3.31. The second-order valence-corrected chi connectivity index (χ2v) is 2.85. The summed E-state index contributed by atoms with van der Waals surface area (Å²) in [5.41, 5.74) is 0.925. The molecule has 0 amide bonds. The van der Waals surface area contributed by atoms with E-state index in [0.29, 0.717) is 16.9 Å². The molecule has 0 aliphatic carbocycles. The molecule has 0 aromatic heterocycles. The number of ketones is 1. The summed E-state index contributed by atoms with van der Waals surface area (Å²) in [5, 5.41) is 9.58. The summed E-state index contributed by atoms with van der Waals surface area (Å²) < 4.78 is 4.99. The smallest absolute Gasteiger partial charge is 0.163 e. The maximum absolute atomic E-state index is 11.0. The van der Waals surface area contributed by atoms with Gasteiger partial charge >= 0.3 is 0 Å². The van der Waals surface area contributed by atoms with Gasteiger partial charge in [0.25, 0.3) is 0 Å². The Morgan fingerprint density at radius 2 is 2.08 bits per heavy atom. The average Bonchev–Trinajstić information content (AvgIpc) is 2.09. The van der Waals surface area contributed by atoms with Gasteiger partial charge < -0.3 is 9.84 Å². The molecule has 0 unspecified atom stereocenters. The molecule has 0 radical (unpaired) electrons. The molecule has 1 aromatic carbocycles. The van der Waals surface area contributed by atoms with E-state index in [4.69, 9.17) is 4.74 Å². The molecule has 0 saturated heterocycles. The van der Waals surface area contributed by atoms with E-state index >= 15 is 0 Å². The van der Waals surface area contributed by atoms with E-state index in [9.17, 15) is 9.90 Å². The van der Waals surface area contributed by atoms with Crippen molar-refractivity contribution in [2.75, 3.05) is 7.11 Å². The number of phenols is 1. The summed E-state index contributed by atoms with van der Waals surface area (Å²) >= 11 is 0. The molecular weight excluding hydrogens is 168 g/mol. The van der Waals surface area contributed by atoms with Gasteiger partial charge in [-0.15, -0.1) is 0 Å². The molecule has 1 rings (SSSR count). The van der Waals surface area contributed by atoms with Gasteiger partial charge in [0.05, 0.1) is 12.7 Å². The Hall–Kier alpha value is -1.51. The molecule has 1 aromatic rings. The summed E-state index contributed by atoms with van der Waals surface area (Å²) in [6.07, 6.45) is 0. The monoisotopic (exact) mass is 180 g/mol. The number of carbonyl (C=O) groups is 1. The van der Waals surface area contributed by atoms with Crippen molar-refractivity contribution in [1.29, 1.82) is 0 Å². The second-order valence-electron chi connectivity index (χ2n) is 2.85. The van der Waals surface area contributed by atoms with Crippen molar-refractivity contribution in [1.82, 2.24) is 0 Å². The van der Waals surface area contributed by atoms with Gasteiger partial charge in [-0.2, -0.15) is 0 Å². The molecular formula is C10H12O3. The number of phenolic OH excluding ortho intramolecular Hbond substituents is 1. The first kappa shape index (κ1) is 9.58. The van der Waals surface area contributed by atoms with Crippen molar-refractivity contribution >= 4 is 5.78 Å². The molecule has 0 aliphatic heterocycles. The lowest BCUT2D eigenvalue weighted by Gasteiger charge is -2.08. The van der Waals surface area contributed by atoms with Gasteiger partial charge in [0.2, 0.25) is 0 Å². The average molecular weight is 180 g/mol. The highest BCUT2D eigenvalue weighted by molar-refractivity contribution is 5.97. The van der Waals surface area contributed by atoms with E-state index in [1.54, 1.807) is 19.1 Å². The Labute approximate surface area is 77.0 Å². The number of rotatable bonds is 2. The number of carbonyl (C=O) groups excluding carboxylic acids is 1. The first-order valence-corrected chi connectivity index (χ1v) is 3.95. The number of hydrogen-bond acceptors (Lipinski definition) is 3. The molecule has 3 heteroatoms. The number of aromatic hydroxyl groups is 1. The fourth-order valence-corrected chi connectivity index (χ4v) is 1.19. The molecule has 1 N–H and O–H groups in total. The van der Waals surface area contributed by atoms with Crippen molar-refractivity contribution in [2.45, 2.75) is 13.8 Å². The number of hydrogen-bond donors (Lipinski definition) is 1. The highest BCUT2D eigenvalue weighted by atomic mass is 16.5. The summed E-state index contributed by atoms with van der Waals surface area (Å²) in [6.45, 7) is 3.13. The molecule has 3 nitrogen and oxygen atoms in total. The highest BCUT2D eigenvalue weighted by Gasteiger charge is 2.11. The summed E-state index contributed by atoms with van der Waals surface area (Å²) in [6, 6.07) is 3.23. The molecule has 70 valence electrons. The van der Waals surface area contributed by atoms with Gasteiger partial charge in [0.15, 0.2) is 5.78 Å². The molecule has 0 saturated carbocycles. The fraction of sp³-hybridized carbons (Fsp3) is 0.300. The second kappa shape index (κ2) is 3.47. The number of Topliss-reactive ketones (excluding diaryl/α,β-unsaturated/α-hetero) is 1. The summed E-state index contributed by atoms with van der Waals surface area (Å²) in [7, 11) is 1.52. The molecule has 13 heavy (non-hydrogen) atoms. The normalized spacial score (nSPS) is 9.77. The van der Waals surface area contributed by atoms with Gasteiger partial charge in [-0.1, -0.05) is 0 Å². The molecule has 0 atom stereocenters. The Morgan fingerprint density at radius 1 is 1.46 bits per heavy atom. The Kier molecular flexibility index (Phi) is 2.56. The predicted molar refractivity (Wildman–Crippen MR) is 49.4 cm³/mol. The standard InChI is InChI=1S/C10H12O3/c1-6-9(13-3)5-4-8(7(2)11)10(6)12/h4-5,12H,1-3H3. The molecule has 0 fully saturated rings. The topological polar surface area (TPSA) is 46.5 Å². The van der Waals surface area contributed by atoms with Crippen LogP contribution in [0.3, 0.4) is 0 Å². The van der Waals surface area contributed by atoms with Crippen LogP contribution < -0.4 is 4.74 Å². The largest absolute Gasteiger partial charge is 0.507 e. The van der Waals surface area contributed by atoms with E-state index in [2.05, 4.69) is 0 Å². The lowest BCUT2D eigenvalue weighted by atomic mass is 10.1. The van der Waals surface area contributed by atoms with Crippen LogP contribution in [0.5, 0.6) is 11.5 Å². The molecule has 0 bridgehead atoms. The minimum atomic E-state index is -0.150. The van der Waals surface area contributed by atoms with E-state index in [1.807, 2.05) is 0 Å². The number of benzene rings is 1. The molecule has 0 heterocycles. The van der Waals surface area contributed by atoms with E-state index < -0.39 is 0 Å². The van der Waals surface area contributed by atoms with E-state index in [-0.39, 0.29) is 11.5 Å². The van der Waals surface area contributed by atoms with Crippen molar-refractivity contribution in [3.05, 3.63) is 23.3 Å². The first-order chi connectivity index (χ1) is 6.07. The van der Waals surface area contributed by atoms with Crippen LogP contribution in [0, 0.1) is 6.92 Å². The van der Waals surface area contributed by atoms with Crippen molar-refractivity contribution in [2.24, 2.45) is 0 Å².